The first kappa shape index (κ1) is 16.9. The number of carbonyl (C=O) groups is 1. The number of rotatable bonds is 5. The minimum Gasteiger partial charge on any atom is -0.376 e. The number of para-hydroxylation sites is 1. The molecule has 2 aromatic rings. The summed E-state index contributed by atoms with van der Waals surface area (Å²) in [5.74, 6) is 0.0163. The van der Waals surface area contributed by atoms with Crippen molar-refractivity contribution in [2.24, 2.45) is 0 Å². The van der Waals surface area contributed by atoms with E-state index in [4.69, 9.17) is 10.00 Å². The number of amides is 1. The molecule has 0 bridgehead atoms. The molecule has 1 unspecified atom stereocenters. The van der Waals surface area contributed by atoms with Crippen molar-refractivity contribution >= 4 is 17.5 Å². The molecule has 0 saturated carbocycles. The lowest BCUT2D eigenvalue weighted by Gasteiger charge is -2.12. The number of carbonyl (C=O) groups excluding carboxylic acids is 1. The van der Waals surface area contributed by atoms with Crippen LogP contribution in [0.15, 0.2) is 30.3 Å². The molecule has 1 atom stereocenters. The number of anilines is 2. The number of aromatic nitrogens is 2. The molecule has 7 nitrogen and oxygen atoms in total. The summed E-state index contributed by atoms with van der Waals surface area (Å²) in [6.45, 7) is 3.20. The predicted molar refractivity (Wildman–Crippen MR) is 93.3 cm³/mol. The normalized spacial score (nSPS) is 16.2. The zero-order chi connectivity index (χ0) is 17.6. The van der Waals surface area contributed by atoms with Gasteiger partial charge in [-0.15, -0.1) is 0 Å². The van der Waals surface area contributed by atoms with Crippen LogP contribution in [-0.2, 0) is 4.74 Å². The molecule has 1 fully saturated rings. The molecule has 0 radical (unpaired) electrons. The maximum absolute atomic E-state index is 12.5. The number of nitrogens with one attached hydrogen (secondary N) is 2. The number of nitriles is 1. The highest BCUT2D eigenvalue weighted by molar-refractivity contribution is 6.03. The fraction of sp³-hybridized carbons (Fsp3) is 0.333. The molecular formula is C18H19N5O2. The fourth-order valence-electron chi connectivity index (χ4n) is 2.65. The highest BCUT2D eigenvalue weighted by Crippen LogP contribution is 2.16. The van der Waals surface area contributed by atoms with Crippen LogP contribution >= 0.6 is 0 Å². The van der Waals surface area contributed by atoms with Crippen molar-refractivity contribution in [1.82, 2.24) is 9.97 Å². The van der Waals surface area contributed by atoms with E-state index in [-0.39, 0.29) is 17.7 Å². The quantitative estimate of drug-likeness (QED) is 0.869. The van der Waals surface area contributed by atoms with Crippen LogP contribution in [0.25, 0.3) is 0 Å². The zero-order valence-electron chi connectivity index (χ0n) is 14.0. The van der Waals surface area contributed by atoms with Gasteiger partial charge in [-0.3, -0.25) is 4.79 Å². The van der Waals surface area contributed by atoms with Crippen molar-refractivity contribution in [2.75, 3.05) is 23.8 Å². The standard InChI is InChI=1S/C18H19N5O2/c1-12-9-16(17(24)22-15-7-3-2-5-13(15)10-19)23-18(21-12)20-11-14-6-4-8-25-14/h2-3,5,7,9,14H,4,6,8,11H2,1H3,(H,22,24)(H,20,21,23). The van der Waals surface area contributed by atoms with E-state index in [1.165, 1.54) is 0 Å². The molecule has 3 rings (SSSR count). The Morgan fingerprint density at radius 1 is 1.40 bits per heavy atom. The van der Waals surface area contributed by atoms with Crippen LogP contribution in [0.2, 0.25) is 0 Å². The van der Waals surface area contributed by atoms with Gasteiger partial charge in [0.1, 0.15) is 11.8 Å². The van der Waals surface area contributed by atoms with E-state index in [1.807, 2.05) is 0 Å². The van der Waals surface area contributed by atoms with Crippen LogP contribution in [0.1, 0.15) is 34.6 Å². The summed E-state index contributed by atoms with van der Waals surface area (Å²) in [5.41, 5.74) is 1.79. The third-order valence-corrected chi connectivity index (χ3v) is 3.89. The van der Waals surface area contributed by atoms with Crippen molar-refractivity contribution in [3.05, 3.63) is 47.3 Å². The van der Waals surface area contributed by atoms with Gasteiger partial charge >= 0.3 is 0 Å². The highest BCUT2D eigenvalue weighted by atomic mass is 16.5. The van der Waals surface area contributed by atoms with Gasteiger partial charge in [0.25, 0.3) is 5.91 Å². The average Bonchev–Trinajstić information content (AvgIpc) is 3.13. The monoisotopic (exact) mass is 337 g/mol. The lowest BCUT2D eigenvalue weighted by atomic mass is 10.2. The molecule has 1 aromatic carbocycles. The maximum Gasteiger partial charge on any atom is 0.274 e. The summed E-state index contributed by atoms with van der Waals surface area (Å²) in [7, 11) is 0. The second-order valence-corrected chi connectivity index (χ2v) is 5.85. The fourth-order valence-corrected chi connectivity index (χ4v) is 2.65. The predicted octanol–water partition coefficient (Wildman–Crippen LogP) is 2.50. The number of hydrogen-bond acceptors (Lipinski definition) is 6. The van der Waals surface area contributed by atoms with Gasteiger partial charge in [-0.05, 0) is 38.0 Å². The van der Waals surface area contributed by atoms with E-state index in [0.717, 1.165) is 19.4 Å². The summed E-state index contributed by atoms with van der Waals surface area (Å²) in [4.78, 5) is 21.1. The number of aryl methyl sites for hydroxylation is 1. The lowest BCUT2D eigenvalue weighted by Crippen LogP contribution is -2.21. The third-order valence-electron chi connectivity index (χ3n) is 3.89. The van der Waals surface area contributed by atoms with Crippen molar-refractivity contribution in [2.45, 2.75) is 25.9 Å². The van der Waals surface area contributed by atoms with Gasteiger partial charge < -0.3 is 15.4 Å². The number of ether oxygens (including phenoxy) is 1. The minimum atomic E-state index is -0.381. The Bertz CT molecular complexity index is 809. The van der Waals surface area contributed by atoms with Gasteiger partial charge in [0.2, 0.25) is 5.95 Å². The Labute approximate surface area is 146 Å². The van der Waals surface area contributed by atoms with Gasteiger partial charge in [0.15, 0.2) is 0 Å². The molecule has 0 spiro atoms. The lowest BCUT2D eigenvalue weighted by molar-refractivity contribution is 0.102. The first-order chi connectivity index (χ1) is 12.2. The largest absolute Gasteiger partial charge is 0.376 e. The van der Waals surface area contributed by atoms with Gasteiger partial charge in [0.05, 0.1) is 17.4 Å². The summed E-state index contributed by atoms with van der Waals surface area (Å²) < 4.78 is 5.56. The van der Waals surface area contributed by atoms with E-state index < -0.39 is 0 Å². The van der Waals surface area contributed by atoms with Crippen LogP contribution in [0, 0.1) is 18.3 Å². The zero-order valence-corrected chi connectivity index (χ0v) is 14.0. The summed E-state index contributed by atoms with van der Waals surface area (Å²) in [6, 6.07) is 10.5. The Morgan fingerprint density at radius 2 is 2.24 bits per heavy atom. The Morgan fingerprint density at radius 3 is 3.00 bits per heavy atom. The van der Waals surface area contributed by atoms with Crippen LogP contribution in [0.5, 0.6) is 0 Å². The smallest absolute Gasteiger partial charge is 0.274 e. The summed E-state index contributed by atoms with van der Waals surface area (Å²) in [6.07, 6.45) is 2.23. The minimum absolute atomic E-state index is 0.156. The molecule has 0 aliphatic carbocycles. The van der Waals surface area contributed by atoms with Crippen LogP contribution in [0.3, 0.4) is 0 Å². The van der Waals surface area contributed by atoms with Crippen molar-refractivity contribution < 1.29 is 9.53 Å². The van der Waals surface area contributed by atoms with E-state index in [0.29, 0.717) is 29.4 Å². The first-order valence-electron chi connectivity index (χ1n) is 8.17. The molecule has 128 valence electrons. The number of hydrogen-bond donors (Lipinski definition) is 2. The summed E-state index contributed by atoms with van der Waals surface area (Å²) >= 11 is 0. The molecule has 1 amide bonds. The summed E-state index contributed by atoms with van der Waals surface area (Å²) in [5, 5.41) is 15.0. The van der Waals surface area contributed by atoms with Gasteiger partial charge in [-0.25, -0.2) is 9.97 Å². The van der Waals surface area contributed by atoms with Crippen LogP contribution in [-0.4, -0.2) is 35.1 Å². The molecule has 1 aromatic heterocycles. The molecule has 1 aliphatic rings. The molecule has 2 heterocycles. The highest BCUT2D eigenvalue weighted by Gasteiger charge is 2.17. The van der Waals surface area contributed by atoms with Crippen LogP contribution in [0.4, 0.5) is 11.6 Å². The molecule has 1 saturated heterocycles. The van der Waals surface area contributed by atoms with E-state index in [9.17, 15) is 4.79 Å². The topological polar surface area (TPSA) is 99.9 Å². The second-order valence-electron chi connectivity index (χ2n) is 5.85. The molecule has 2 N–H and O–H groups in total. The van der Waals surface area contributed by atoms with E-state index >= 15 is 0 Å². The van der Waals surface area contributed by atoms with Crippen LogP contribution < -0.4 is 10.6 Å². The Hall–Kier alpha value is -2.98. The average molecular weight is 337 g/mol. The third kappa shape index (κ3) is 4.31. The Kier molecular flexibility index (Phi) is 5.21. The van der Waals surface area contributed by atoms with Gasteiger partial charge in [-0.2, -0.15) is 5.26 Å². The van der Waals surface area contributed by atoms with Crippen molar-refractivity contribution in [3.63, 3.8) is 0 Å². The van der Waals surface area contributed by atoms with E-state index in [2.05, 4.69) is 26.7 Å². The first-order valence-corrected chi connectivity index (χ1v) is 8.17. The van der Waals surface area contributed by atoms with Crippen molar-refractivity contribution in [3.8, 4) is 6.07 Å². The maximum atomic E-state index is 12.5. The molecule has 1 aliphatic heterocycles. The van der Waals surface area contributed by atoms with Gasteiger partial charge in [-0.1, -0.05) is 12.1 Å². The molecule has 25 heavy (non-hydrogen) atoms. The number of nitrogens with zero attached hydrogens (tertiary/aromatic N) is 3. The number of benzene rings is 1. The Balaban J connectivity index is 1.72. The van der Waals surface area contributed by atoms with Crippen molar-refractivity contribution in [1.29, 1.82) is 5.26 Å². The molecular weight excluding hydrogens is 318 g/mol. The van der Waals surface area contributed by atoms with Gasteiger partial charge in [0, 0.05) is 18.8 Å². The second kappa shape index (κ2) is 7.73. The molecule has 7 heteroatoms. The van der Waals surface area contributed by atoms with E-state index in [1.54, 1.807) is 37.3 Å². The SMILES string of the molecule is Cc1cc(C(=O)Nc2ccccc2C#N)nc(NCC2CCCO2)n1.